The summed E-state index contributed by atoms with van der Waals surface area (Å²) in [5.74, 6) is -1.28. The van der Waals surface area contributed by atoms with Gasteiger partial charge < -0.3 is 10.8 Å². The van der Waals surface area contributed by atoms with Gasteiger partial charge in [0.2, 0.25) is 0 Å². The molecule has 0 aliphatic heterocycles. The Labute approximate surface area is 105 Å². The fourth-order valence-electron chi connectivity index (χ4n) is 1.53. The van der Waals surface area contributed by atoms with Crippen LogP contribution < -0.4 is 5.73 Å². The van der Waals surface area contributed by atoms with Crippen molar-refractivity contribution in [1.29, 1.82) is 0 Å². The van der Waals surface area contributed by atoms with Gasteiger partial charge in [-0.2, -0.15) is 4.39 Å². The highest BCUT2D eigenvalue weighted by Gasteiger charge is 2.16. The summed E-state index contributed by atoms with van der Waals surface area (Å²) in [6, 6.07) is 1.95. The topological polar surface area (TPSA) is 93.3 Å². The van der Waals surface area contributed by atoms with Crippen LogP contribution in [0.3, 0.4) is 0 Å². The van der Waals surface area contributed by atoms with E-state index in [1.807, 2.05) is 0 Å². The van der Waals surface area contributed by atoms with Crippen molar-refractivity contribution in [1.82, 2.24) is 4.98 Å². The van der Waals surface area contributed by atoms with Gasteiger partial charge in [-0.05, 0) is 18.2 Å². The third-order valence-electron chi connectivity index (χ3n) is 2.40. The summed E-state index contributed by atoms with van der Waals surface area (Å²) >= 11 is 5.90. The molecule has 92 valence electrons. The maximum atomic E-state index is 12.5. The molecule has 7 heteroatoms. The second-order valence-corrected chi connectivity index (χ2v) is 3.87. The van der Waals surface area contributed by atoms with E-state index in [4.69, 9.17) is 22.4 Å². The highest BCUT2D eigenvalue weighted by molar-refractivity contribution is 6.38. The maximum Gasteiger partial charge on any atom is 0.350 e. The van der Waals surface area contributed by atoms with E-state index < -0.39 is 17.7 Å². The smallest absolute Gasteiger partial charge is 0.350 e. The van der Waals surface area contributed by atoms with E-state index in [1.165, 1.54) is 6.07 Å². The Hall–Kier alpha value is -2.21. The first-order valence-electron chi connectivity index (χ1n) is 4.73. The Morgan fingerprint density at radius 1 is 1.39 bits per heavy atom. The quantitative estimate of drug-likeness (QED) is 0.644. The zero-order valence-corrected chi connectivity index (χ0v) is 9.53. The molecule has 0 aliphatic rings. The Balaban J connectivity index is 2.83. The van der Waals surface area contributed by atoms with Crippen molar-refractivity contribution in [2.45, 2.75) is 0 Å². The summed E-state index contributed by atoms with van der Waals surface area (Å²) in [6.45, 7) is 0. The first kappa shape index (κ1) is 12.3. The van der Waals surface area contributed by atoms with Crippen molar-refractivity contribution in [3.05, 3.63) is 34.5 Å². The summed E-state index contributed by atoms with van der Waals surface area (Å²) < 4.78 is 12.5. The number of aromatic nitrogens is 1. The normalized spacial score (nSPS) is 10.6. The average Bonchev–Trinajstić information content (AvgIpc) is 2.32. The first-order chi connectivity index (χ1) is 8.41. The average molecular weight is 269 g/mol. The number of pyridine rings is 1. The van der Waals surface area contributed by atoms with Gasteiger partial charge in [0.05, 0.1) is 21.8 Å². The molecule has 1 heterocycles. The highest BCUT2D eigenvalue weighted by Crippen LogP contribution is 2.31. The fraction of sp³-hybridized carbons (Fsp3) is 0. The predicted molar refractivity (Wildman–Crippen MR) is 63.6 cm³/mol. The van der Waals surface area contributed by atoms with Crippen LogP contribution in [-0.4, -0.2) is 22.1 Å². The van der Waals surface area contributed by atoms with Crippen molar-refractivity contribution < 1.29 is 19.1 Å². The molecule has 1 aromatic carbocycles. The number of benzene rings is 1. The number of anilines is 1. The Bertz CT molecular complexity index is 688. The van der Waals surface area contributed by atoms with Gasteiger partial charge in [0, 0.05) is 5.39 Å². The Kier molecular flexibility index (Phi) is 2.88. The molecule has 2 rings (SSSR count). The van der Waals surface area contributed by atoms with Crippen molar-refractivity contribution in [2.75, 3.05) is 5.73 Å². The number of carboxylic acids is 1. The van der Waals surface area contributed by atoms with Crippen molar-refractivity contribution in [3.63, 3.8) is 0 Å². The van der Waals surface area contributed by atoms with Crippen molar-refractivity contribution in [2.24, 2.45) is 0 Å². The van der Waals surface area contributed by atoms with Crippen LogP contribution in [0.15, 0.2) is 18.2 Å². The molecule has 0 radical (unpaired) electrons. The van der Waals surface area contributed by atoms with E-state index in [0.717, 1.165) is 12.1 Å². The monoisotopic (exact) mass is 268 g/mol. The molecule has 0 amide bonds. The molecule has 0 atom stereocenters. The van der Waals surface area contributed by atoms with Gasteiger partial charge >= 0.3 is 12.0 Å². The summed E-state index contributed by atoms with van der Waals surface area (Å²) in [7, 11) is 0. The number of carbonyl (C=O) groups is 2. The second kappa shape index (κ2) is 4.23. The number of carboxylic acid groups (broad SMARTS) is 1. The lowest BCUT2D eigenvalue weighted by Gasteiger charge is -2.07. The molecule has 1 aromatic heterocycles. The van der Waals surface area contributed by atoms with Crippen LogP contribution in [0.1, 0.15) is 20.8 Å². The van der Waals surface area contributed by atoms with Gasteiger partial charge in [-0.1, -0.05) is 11.6 Å². The van der Waals surface area contributed by atoms with E-state index in [0.29, 0.717) is 5.39 Å². The number of halogens is 2. The molecule has 0 fully saturated rings. The Morgan fingerprint density at radius 3 is 2.61 bits per heavy atom. The predicted octanol–water partition coefficient (Wildman–Crippen LogP) is 2.28. The number of nitrogen functional groups attached to an aromatic ring is 1. The van der Waals surface area contributed by atoms with E-state index in [1.54, 1.807) is 0 Å². The number of aromatic carboxylic acids is 1. The van der Waals surface area contributed by atoms with Crippen LogP contribution in [0.2, 0.25) is 5.02 Å². The third kappa shape index (κ3) is 1.86. The van der Waals surface area contributed by atoms with Crippen LogP contribution in [0.4, 0.5) is 10.1 Å². The molecule has 3 N–H and O–H groups in total. The second-order valence-electron chi connectivity index (χ2n) is 3.49. The standard InChI is InChI=1S/C11H6ClFN2O3/c12-8-4-1-2-6(10(13)16)15-7(4)3-5(9(8)14)11(17)18/h1-3H,14H2,(H,17,18). The first-order valence-corrected chi connectivity index (χ1v) is 5.11. The van der Waals surface area contributed by atoms with Crippen LogP contribution in [0.25, 0.3) is 10.9 Å². The van der Waals surface area contributed by atoms with E-state index in [-0.39, 0.29) is 21.8 Å². The number of nitrogens with two attached hydrogens (primary N) is 1. The fourth-order valence-corrected chi connectivity index (χ4v) is 1.80. The SMILES string of the molecule is Nc1c(C(=O)O)cc2nc(C(=O)F)ccc2c1Cl. The zero-order chi connectivity index (χ0) is 13.4. The van der Waals surface area contributed by atoms with E-state index >= 15 is 0 Å². The van der Waals surface area contributed by atoms with Gasteiger partial charge in [0.1, 0.15) is 5.69 Å². The number of nitrogens with zero attached hydrogens (tertiary/aromatic N) is 1. The van der Waals surface area contributed by atoms with Gasteiger partial charge in [-0.15, -0.1) is 0 Å². The summed E-state index contributed by atoms with van der Waals surface area (Å²) in [5, 5.41) is 9.28. The third-order valence-corrected chi connectivity index (χ3v) is 2.81. The molecule has 0 bridgehead atoms. The zero-order valence-electron chi connectivity index (χ0n) is 8.78. The molecule has 0 saturated heterocycles. The van der Waals surface area contributed by atoms with Crippen molar-refractivity contribution in [3.8, 4) is 0 Å². The van der Waals surface area contributed by atoms with E-state index in [2.05, 4.69) is 4.98 Å². The van der Waals surface area contributed by atoms with Gasteiger partial charge in [0.15, 0.2) is 0 Å². The molecule has 2 aromatic rings. The number of hydrogen-bond acceptors (Lipinski definition) is 4. The summed E-state index contributed by atoms with van der Waals surface area (Å²) in [5.41, 5.74) is 4.90. The lowest BCUT2D eigenvalue weighted by Crippen LogP contribution is -2.04. The molecule has 0 spiro atoms. The van der Waals surface area contributed by atoms with Crippen molar-refractivity contribution >= 4 is 40.2 Å². The molecule has 5 nitrogen and oxygen atoms in total. The van der Waals surface area contributed by atoms with Gasteiger partial charge in [-0.3, -0.25) is 4.79 Å². The molecular weight excluding hydrogens is 263 g/mol. The van der Waals surface area contributed by atoms with Crippen LogP contribution >= 0.6 is 11.6 Å². The van der Waals surface area contributed by atoms with E-state index in [9.17, 15) is 14.0 Å². The minimum Gasteiger partial charge on any atom is -0.478 e. The lowest BCUT2D eigenvalue weighted by atomic mass is 10.1. The molecular formula is C11H6ClFN2O3. The van der Waals surface area contributed by atoms with Gasteiger partial charge in [-0.25, -0.2) is 9.78 Å². The minimum absolute atomic E-state index is 0.00950. The van der Waals surface area contributed by atoms with Crippen LogP contribution in [0.5, 0.6) is 0 Å². The number of hydrogen-bond donors (Lipinski definition) is 2. The Morgan fingerprint density at radius 2 is 2.06 bits per heavy atom. The minimum atomic E-state index is -1.71. The van der Waals surface area contributed by atoms with Gasteiger partial charge in [0.25, 0.3) is 0 Å². The number of rotatable bonds is 2. The summed E-state index contributed by atoms with van der Waals surface area (Å²) in [4.78, 5) is 25.2. The number of carbonyl (C=O) groups excluding carboxylic acids is 1. The molecule has 0 aliphatic carbocycles. The maximum absolute atomic E-state index is 12.5. The molecule has 0 unspecified atom stereocenters. The molecule has 0 saturated carbocycles. The largest absolute Gasteiger partial charge is 0.478 e. The number of fused-ring (bicyclic) bond motifs is 1. The summed E-state index contributed by atoms with van der Waals surface area (Å²) in [6.07, 6.45) is 0. The van der Waals surface area contributed by atoms with Crippen LogP contribution in [-0.2, 0) is 0 Å². The lowest BCUT2D eigenvalue weighted by molar-refractivity contribution is 0.0697. The molecule has 18 heavy (non-hydrogen) atoms. The highest BCUT2D eigenvalue weighted by atomic mass is 35.5. The van der Waals surface area contributed by atoms with Crippen LogP contribution in [0, 0.1) is 0 Å².